The Morgan fingerprint density at radius 2 is 1.74 bits per heavy atom. The third kappa shape index (κ3) is 3.24. The van der Waals surface area contributed by atoms with Crippen LogP contribution >= 0.6 is 0 Å². The summed E-state index contributed by atoms with van der Waals surface area (Å²) in [4.78, 5) is 25.5. The van der Waals surface area contributed by atoms with Crippen LogP contribution in [0.3, 0.4) is 0 Å². The van der Waals surface area contributed by atoms with Gasteiger partial charge >= 0.3 is 0 Å². The van der Waals surface area contributed by atoms with Crippen LogP contribution in [0.15, 0.2) is 66.7 Å². The minimum absolute atomic E-state index is 0.0157. The molecule has 1 aliphatic rings. The first-order chi connectivity index (χ1) is 13.2. The summed E-state index contributed by atoms with van der Waals surface area (Å²) in [5, 5.41) is 2.95. The van der Waals surface area contributed by atoms with Crippen molar-refractivity contribution in [3.05, 3.63) is 83.7 Å². The molecule has 1 amide bonds. The van der Waals surface area contributed by atoms with Gasteiger partial charge in [-0.05, 0) is 42.8 Å². The lowest BCUT2D eigenvalue weighted by molar-refractivity contribution is -0.117. The van der Waals surface area contributed by atoms with Gasteiger partial charge in [0, 0.05) is 23.5 Å². The second-order valence-electron chi connectivity index (χ2n) is 6.55. The number of carbonyl (C=O) groups excluding carboxylic acids is 2. The van der Waals surface area contributed by atoms with Crippen molar-refractivity contribution in [2.24, 2.45) is 0 Å². The fourth-order valence-corrected chi connectivity index (χ4v) is 3.55. The zero-order valence-corrected chi connectivity index (χ0v) is 15.0. The monoisotopic (exact) mass is 360 g/mol. The number of nitrogens with one attached hydrogen (secondary N) is 1. The molecule has 136 valence electrons. The van der Waals surface area contributed by atoms with Crippen LogP contribution in [-0.4, -0.2) is 23.4 Å². The van der Waals surface area contributed by atoms with Crippen LogP contribution in [0.1, 0.15) is 34.1 Å². The predicted molar refractivity (Wildman–Crippen MR) is 103 cm³/mol. The maximum Gasteiger partial charge on any atom is 0.233 e. The lowest BCUT2D eigenvalue weighted by Crippen LogP contribution is -2.19. The van der Waals surface area contributed by atoms with Crippen LogP contribution in [0.4, 0.5) is 5.69 Å². The maximum atomic E-state index is 12.8. The van der Waals surface area contributed by atoms with E-state index in [-0.39, 0.29) is 17.6 Å². The van der Waals surface area contributed by atoms with Crippen molar-refractivity contribution < 1.29 is 14.3 Å². The van der Waals surface area contributed by atoms with Crippen LogP contribution in [0.25, 0.3) is 0 Å². The van der Waals surface area contributed by atoms with Gasteiger partial charge in [-0.3, -0.25) is 9.59 Å². The Balaban J connectivity index is 1.53. The second kappa shape index (κ2) is 7.11. The van der Waals surface area contributed by atoms with Crippen molar-refractivity contribution in [3.63, 3.8) is 0 Å². The van der Waals surface area contributed by atoms with Crippen LogP contribution in [0.5, 0.6) is 5.75 Å². The standard InChI is InChI=1S/C22H20N2O3/c1-27-17-9-7-16(8-10-17)23-22(26)18-13-14-24-19(18)11-12-20(24)21(25)15-5-3-2-4-6-15/h2-12,18H,13-14H2,1H3,(H,23,26)/t18-/m1/s1. The molecular weight excluding hydrogens is 340 g/mol. The molecule has 0 aliphatic carbocycles. The molecule has 5 heteroatoms. The number of ketones is 1. The highest BCUT2D eigenvalue weighted by molar-refractivity contribution is 6.08. The van der Waals surface area contributed by atoms with E-state index in [0.29, 0.717) is 24.2 Å². The molecule has 3 aromatic rings. The summed E-state index contributed by atoms with van der Waals surface area (Å²) in [6.07, 6.45) is 0.688. The molecule has 2 heterocycles. The molecule has 0 fully saturated rings. The number of methoxy groups -OCH3 is 1. The van der Waals surface area contributed by atoms with Gasteiger partial charge in [-0.1, -0.05) is 30.3 Å². The largest absolute Gasteiger partial charge is 0.497 e. The normalized spacial score (nSPS) is 15.2. The second-order valence-corrected chi connectivity index (χ2v) is 6.55. The predicted octanol–water partition coefficient (Wildman–Crippen LogP) is 3.85. The Hall–Kier alpha value is -3.34. The van der Waals surface area contributed by atoms with Crippen molar-refractivity contribution in [2.75, 3.05) is 12.4 Å². The molecule has 5 nitrogen and oxygen atoms in total. The van der Waals surface area contributed by atoms with Crippen molar-refractivity contribution in [1.82, 2.24) is 4.57 Å². The fourth-order valence-electron chi connectivity index (χ4n) is 3.55. The van der Waals surface area contributed by atoms with E-state index >= 15 is 0 Å². The average molecular weight is 360 g/mol. The van der Waals surface area contributed by atoms with E-state index in [1.54, 1.807) is 7.11 Å². The summed E-state index contributed by atoms with van der Waals surface area (Å²) in [6, 6.07) is 20.2. The average Bonchev–Trinajstić information content (AvgIpc) is 3.31. The number of rotatable bonds is 5. The molecule has 1 atom stereocenters. The topological polar surface area (TPSA) is 60.3 Å². The van der Waals surface area contributed by atoms with Gasteiger partial charge in [-0.15, -0.1) is 0 Å². The maximum absolute atomic E-state index is 12.8. The molecule has 0 radical (unpaired) electrons. The molecule has 0 spiro atoms. The van der Waals surface area contributed by atoms with Crippen LogP contribution in [-0.2, 0) is 11.3 Å². The van der Waals surface area contributed by atoms with Crippen LogP contribution in [0, 0.1) is 0 Å². The Labute approximate surface area is 157 Å². The number of aromatic nitrogens is 1. The summed E-state index contributed by atoms with van der Waals surface area (Å²) in [5.74, 6) is 0.407. The molecule has 4 rings (SSSR count). The van der Waals surface area contributed by atoms with Gasteiger partial charge in [-0.2, -0.15) is 0 Å². The number of carbonyl (C=O) groups is 2. The Morgan fingerprint density at radius 3 is 2.44 bits per heavy atom. The first-order valence-corrected chi connectivity index (χ1v) is 8.91. The fraction of sp³-hybridized carbons (Fsp3) is 0.182. The Morgan fingerprint density at radius 1 is 1.00 bits per heavy atom. The van der Waals surface area contributed by atoms with E-state index in [1.165, 1.54) is 0 Å². The summed E-state index contributed by atoms with van der Waals surface area (Å²) in [6.45, 7) is 0.664. The minimum atomic E-state index is -0.260. The SMILES string of the molecule is COc1ccc(NC(=O)[C@@H]2CCn3c(C(=O)c4ccccc4)ccc32)cc1. The van der Waals surface area contributed by atoms with E-state index in [2.05, 4.69) is 5.32 Å². The van der Waals surface area contributed by atoms with Gasteiger partial charge < -0.3 is 14.6 Å². The number of anilines is 1. The molecule has 1 N–H and O–H groups in total. The number of fused-ring (bicyclic) bond motifs is 1. The first-order valence-electron chi connectivity index (χ1n) is 8.91. The van der Waals surface area contributed by atoms with Crippen molar-refractivity contribution >= 4 is 17.4 Å². The number of ether oxygens (including phenoxy) is 1. The van der Waals surface area contributed by atoms with E-state index in [9.17, 15) is 9.59 Å². The number of benzene rings is 2. The summed E-state index contributed by atoms with van der Waals surface area (Å²) >= 11 is 0. The molecule has 0 unspecified atom stereocenters. The smallest absolute Gasteiger partial charge is 0.233 e. The molecule has 0 saturated heterocycles. The van der Waals surface area contributed by atoms with Gasteiger partial charge in [-0.25, -0.2) is 0 Å². The lowest BCUT2D eigenvalue weighted by atomic mass is 10.0. The Bertz CT molecular complexity index is 975. The molecule has 2 aromatic carbocycles. The lowest BCUT2D eigenvalue weighted by Gasteiger charge is -2.11. The highest BCUT2D eigenvalue weighted by Crippen LogP contribution is 2.32. The van der Waals surface area contributed by atoms with Crippen molar-refractivity contribution in [2.45, 2.75) is 18.9 Å². The van der Waals surface area contributed by atoms with E-state index in [4.69, 9.17) is 4.74 Å². The van der Waals surface area contributed by atoms with Gasteiger partial charge in [0.1, 0.15) is 5.75 Å². The highest BCUT2D eigenvalue weighted by Gasteiger charge is 2.32. The summed E-state index contributed by atoms with van der Waals surface area (Å²) < 4.78 is 7.10. The van der Waals surface area contributed by atoms with Crippen LogP contribution in [0.2, 0.25) is 0 Å². The minimum Gasteiger partial charge on any atom is -0.497 e. The zero-order chi connectivity index (χ0) is 18.8. The van der Waals surface area contributed by atoms with Gasteiger partial charge in [0.25, 0.3) is 0 Å². The molecule has 1 aromatic heterocycles. The zero-order valence-electron chi connectivity index (χ0n) is 15.0. The number of nitrogens with zero attached hydrogens (tertiary/aromatic N) is 1. The quantitative estimate of drug-likeness (QED) is 0.703. The third-order valence-electron chi connectivity index (χ3n) is 4.96. The van der Waals surface area contributed by atoms with Crippen molar-refractivity contribution in [3.8, 4) is 5.75 Å². The molecule has 27 heavy (non-hydrogen) atoms. The van der Waals surface area contributed by atoms with Gasteiger partial charge in [0.05, 0.1) is 18.7 Å². The number of hydrogen-bond acceptors (Lipinski definition) is 3. The van der Waals surface area contributed by atoms with Gasteiger partial charge in [0.15, 0.2) is 0 Å². The number of amides is 1. The first kappa shape index (κ1) is 17.1. The number of hydrogen-bond donors (Lipinski definition) is 1. The molecular formula is C22H20N2O3. The highest BCUT2D eigenvalue weighted by atomic mass is 16.5. The molecule has 0 bridgehead atoms. The van der Waals surface area contributed by atoms with Crippen LogP contribution < -0.4 is 10.1 Å². The van der Waals surface area contributed by atoms with Crippen molar-refractivity contribution in [1.29, 1.82) is 0 Å². The third-order valence-corrected chi connectivity index (χ3v) is 4.96. The van der Waals surface area contributed by atoms with E-state index < -0.39 is 0 Å². The Kier molecular flexibility index (Phi) is 4.50. The van der Waals surface area contributed by atoms with E-state index in [1.807, 2.05) is 71.3 Å². The van der Waals surface area contributed by atoms with Gasteiger partial charge in [0.2, 0.25) is 11.7 Å². The molecule has 0 saturated carbocycles. The molecule has 1 aliphatic heterocycles. The summed E-state index contributed by atoms with van der Waals surface area (Å²) in [5.41, 5.74) is 2.91. The summed E-state index contributed by atoms with van der Waals surface area (Å²) in [7, 11) is 1.61. The van der Waals surface area contributed by atoms with E-state index in [0.717, 1.165) is 17.1 Å².